The van der Waals surface area contributed by atoms with Gasteiger partial charge in [0.15, 0.2) is 11.6 Å². The van der Waals surface area contributed by atoms with E-state index in [0.29, 0.717) is 11.2 Å². The summed E-state index contributed by atoms with van der Waals surface area (Å²) in [5, 5.41) is 1.81. The Morgan fingerprint density at radius 1 is 0.844 bits per heavy atom. The first-order chi connectivity index (χ1) is 21.0. The van der Waals surface area contributed by atoms with Gasteiger partial charge in [-0.2, -0.15) is 0 Å². The zero-order chi connectivity index (χ0) is 31.4. The average Bonchev–Trinajstić information content (AvgIpc) is 3.00. The Balaban J connectivity index is 0.000000163. The molecule has 0 saturated carbocycles. The Morgan fingerprint density at radius 3 is 2.18 bits per heavy atom. The van der Waals surface area contributed by atoms with Crippen molar-refractivity contribution in [3.8, 4) is 10.6 Å². The summed E-state index contributed by atoms with van der Waals surface area (Å²) < 4.78 is 3.37. The Hall–Kier alpha value is -3.78. The van der Waals surface area contributed by atoms with E-state index < -0.39 is 0 Å². The Bertz CT molecular complexity index is 1860. The van der Waals surface area contributed by atoms with Gasteiger partial charge in [-0.05, 0) is 98.0 Å². The van der Waals surface area contributed by atoms with Crippen molar-refractivity contribution in [1.29, 1.82) is 0 Å². The third kappa shape index (κ3) is 8.69. The van der Waals surface area contributed by atoms with E-state index in [1.165, 1.54) is 72.9 Å². The van der Waals surface area contributed by atoms with Crippen LogP contribution in [-0.4, -0.2) is 54.9 Å². The lowest BCUT2D eigenvalue weighted by atomic mass is 9.90. The number of hydrogen-bond acceptors (Lipinski definition) is 6. The maximum atomic E-state index is 10.3. The molecule has 0 amide bonds. The number of ketones is 2. The van der Waals surface area contributed by atoms with Crippen LogP contribution in [0.1, 0.15) is 16.7 Å². The fraction of sp³-hybridized carbons (Fsp3) is 0.243. The van der Waals surface area contributed by atoms with Gasteiger partial charge in [-0.1, -0.05) is 29.8 Å². The Morgan fingerprint density at radius 2 is 1.51 bits per heavy atom. The van der Waals surface area contributed by atoms with Gasteiger partial charge in [0.2, 0.25) is 5.36 Å². The first kappa shape index (κ1) is 34.1. The van der Waals surface area contributed by atoms with Crippen molar-refractivity contribution < 1.29 is 22.0 Å². The summed E-state index contributed by atoms with van der Waals surface area (Å²) >= 11 is 3.83. The van der Waals surface area contributed by atoms with Crippen molar-refractivity contribution in [3.05, 3.63) is 125 Å². The van der Waals surface area contributed by atoms with E-state index in [0.717, 1.165) is 11.2 Å². The molecule has 0 aromatic heterocycles. The fourth-order valence-corrected chi connectivity index (χ4v) is 7.58. The normalized spacial score (nSPS) is 17.6. The van der Waals surface area contributed by atoms with E-state index in [9.17, 15) is 9.59 Å². The second kappa shape index (κ2) is 15.0. The number of thioether (sulfide) groups is 1. The SMILES string of the molecule is Cc1ccc2c(c1)SC1C=C(N(C)C)C=CC1C2.Cc1ccc2nc3ccc(=[N+](C)C)cc-3sc2c1.O=C1C=CC(=O)C=C1.[Cl-]. The van der Waals surface area contributed by atoms with Crippen molar-refractivity contribution in [2.45, 2.75) is 30.4 Å². The lowest BCUT2D eigenvalue weighted by Gasteiger charge is -2.33. The molecule has 0 saturated heterocycles. The molecule has 7 rings (SSSR count). The van der Waals surface area contributed by atoms with Crippen molar-refractivity contribution in [1.82, 2.24) is 14.5 Å². The van der Waals surface area contributed by atoms with Gasteiger partial charge in [0, 0.05) is 42.1 Å². The third-order valence-electron chi connectivity index (χ3n) is 7.59. The zero-order valence-corrected chi connectivity index (χ0v) is 28.8. The summed E-state index contributed by atoms with van der Waals surface area (Å²) in [7, 11) is 8.35. The quantitative estimate of drug-likeness (QED) is 0.178. The molecule has 0 bridgehead atoms. The molecule has 2 aliphatic heterocycles. The molecular weight excluding hydrogens is 618 g/mol. The molecule has 0 radical (unpaired) electrons. The molecule has 2 heterocycles. The number of nitrogens with zero attached hydrogens (tertiary/aromatic N) is 3. The molecular formula is C37H38ClN3O2S2. The van der Waals surface area contributed by atoms with Crippen molar-refractivity contribution in [2.24, 2.45) is 5.92 Å². The number of rotatable bonds is 1. The molecule has 0 N–H and O–H groups in total. The number of hydrogen-bond donors (Lipinski definition) is 0. The molecule has 2 aromatic rings. The molecule has 0 spiro atoms. The summed E-state index contributed by atoms with van der Waals surface area (Å²) in [6.45, 7) is 4.29. The molecule has 2 unspecified atom stereocenters. The van der Waals surface area contributed by atoms with Gasteiger partial charge in [0.05, 0.1) is 20.8 Å². The van der Waals surface area contributed by atoms with Crippen LogP contribution >= 0.6 is 23.1 Å². The molecule has 5 nitrogen and oxygen atoms in total. The van der Waals surface area contributed by atoms with E-state index in [1.54, 1.807) is 0 Å². The van der Waals surface area contributed by atoms with E-state index in [2.05, 4.69) is 124 Å². The first-order valence-corrected chi connectivity index (χ1v) is 16.3. The van der Waals surface area contributed by atoms with E-state index >= 15 is 0 Å². The molecule has 5 aliphatic rings. The average molecular weight is 656 g/mol. The predicted molar refractivity (Wildman–Crippen MR) is 185 cm³/mol. The highest BCUT2D eigenvalue weighted by atomic mass is 35.5. The van der Waals surface area contributed by atoms with Crippen molar-refractivity contribution in [3.63, 3.8) is 0 Å². The van der Waals surface area contributed by atoms with Crippen LogP contribution in [0.15, 0.2) is 108 Å². The van der Waals surface area contributed by atoms with Gasteiger partial charge in [-0.15, -0.1) is 23.1 Å². The van der Waals surface area contributed by atoms with E-state index in [-0.39, 0.29) is 24.0 Å². The lowest BCUT2D eigenvalue weighted by molar-refractivity contribution is -0.113. The van der Waals surface area contributed by atoms with Gasteiger partial charge in [0.1, 0.15) is 14.1 Å². The molecule has 232 valence electrons. The van der Waals surface area contributed by atoms with E-state index in [1.807, 2.05) is 23.1 Å². The van der Waals surface area contributed by atoms with Crippen LogP contribution in [-0.2, 0) is 16.0 Å². The number of aromatic nitrogens is 1. The first-order valence-electron chi connectivity index (χ1n) is 14.6. The van der Waals surface area contributed by atoms with Crippen LogP contribution < -0.4 is 22.3 Å². The van der Waals surface area contributed by atoms with Gasteiger partial charge in [-0.25, -0.2) is 9.56 Å². The molecule has 2 atom stereocenters. The van der Waals surface area contributed by atoms with Crippen LogP contribution in [0.4, 0.5) is 0 Å². The van der Waals surface area contributed by atoms with Gasteiger partial charge < -0.3 is 17.3 Å². The minimum atomic E-state index is -0.121. The third-order valence-corrected chi connectivity index (χ3v) is 10.1. The number of aryl methyl sites for hydroxylation is 2. The zero-order valence-electron chi connectivity index (χ0n) is 26.5. The second-order valence-corrected chi connectivity index (χ2v) is 13.9. The highest BCUT2D eigenvalue weighted by Crippen LogP contribution is 2.42. The molecule has 0 fully saturated rings. The summed E-state index contributed by atoms with van der Waals surface area (Å²) in [6, 6.07) is 19.7. The maximum Gasteiger partial charge on any atom is 0.201 e. The van der Waals surface area contributed by atoms with E-state index in [4.69, 9.17) is 4.98 Å². The smallest absolute Gasteiger partial charge is 0.201 e. The summed E-state index contributed by atoms with van der Waals surface area (Å²) in [6.07, 6.45) is 13.3. The lowest BCUT2D eigenvalue weighted by Crippen LogP contribution is -3.00. The molecule has 8 heteroatoms. The minimum absolute atomic E-state index is 0. The summed E-state index contributed by atoms with van der Waals surface area (Å²) in [5.74, 6) is 0.420. The minimum Gasteiger partial charge on any atom is -1.00 e. The molecule has 3 aliphatic carbocycles. The van der Waals surface area contributed by atoms with Crippen molar-refractivity contribution >= 4 is 44.9 Å². The number of likely N-dealkylation sites (N-methyl/N-ethyl adjacent to an activating group) is 1. The largest absolute Gasteiger partial charge is 1.00 e. The van der Waals surface area contributed by atoms with Gasteiger partial charge >= 0.3 is 0 Å². The van der Waals surface area contributed by atoms with Crippen LogP contribution in [0.25, 0.3) is 20.8 Å². The number of benzene rings is 3. The summed E-state index contributed by atoms with van der Waals surface area (Å²) in [4.78, 5) is 30.2. The monoisotopic (exact) mass is 655 g/mol. The molecule has 2 aromatic carbocycles. The van der Waals surface area contributed by atoms with Crippen LogP contribution in [0.2, 0.25) is 0 Å². The number of carbonyl (C=O) groups is 2. The van der Waals surface area contributed by atoms with Crippen LogP contribution in [0.5, 0.6) is 0 Å². The number of fused-ring (bicyclic) bond motifs is 4. The number of halogens is 1. The number of carbonyl (C=O) groups excluding carboxylic acids is 2. The highest BCUT2D eigenvalue weighted by molar-refractivity contribution is 8.00. The van der Waals surface area contributed by atoms with Gasteiger partial charge in [-0.3, -0.25) is 9.59 Å². The molecule has 45 heavy (non-hydrogen) atoms. The standard InChI is InChI=1S/C16H19NS.C15H15N2S.C6H4O2.ClH/c1-11-4-5-12-9-13-6-7-14(17(2)3)10-16(13)18-15(12)8-11;1-10-4-6-12-14(8-10)18-15-9-11(17(2)3)5-7-13(15)16-12;7-5-1-2-6(8)4-3-5;/h4-8,10,13,16H,9H2,1-3H3;4-9H,1-3H3;1-4H;1H/q;+1;;/p-1. The summed E-state index contributed by atoms with van der Waals surface area (Å²) in [5.41, 5.74) is 7.64. The number of allylic oxidation sites excluding steroid dienone is 6. The Labute approximate surface area is 280 Å². The Kier molecular flexibility index (Phi) is 11.4. The van der Waals surface area contributed by atoms with Gasteiger partial charge in [0.25, 0.3) is 0 Å². The maximum absolute atomic E-state index is 10.3. The fourth-order valence-electron chi connectivity index (χ4n) is 5.06. The second-order valence-electron chi connectivity index (χ2n) is 11.6. The van der Waals surface area contributed by atoms with Crippen molar-refractivity contribution in [2.75, 3.05) is 28.2 Å². The van der Waals surface area contributed by atoms with Crippen LogP contribution in [0.3, 0.4) is 0 Å². The van der Waals surface area contributed by atoms with Crippen LogP contribution in [0, 0.1) is 19.8 Å². The highest BCUT2D eigenvalue weighted by Gasteiger charge is 2.28. The topological polar surface area (TPSA) is 53.3 Å². The predicted octanol–water partition coefficient (Wildman–Crippen LogP) is 3.64.